The first-order chi connectivity index (χ1) is 14.3. The molecule has 1 atom stereocenters. The van der Waals surface area contributed by atoms with Crippen molar-refractivity contribution in [1.29, 1.82) is 0 Å². The van der Waals surface area contributed by atoms with Crippen LogP contribution in [-0.2, 0) is 9.59 Å². The van der Waals surface area contributed by atoms with Crippen LogP contribution in [0.3, 0.4) is 0 Å². The number of hydrogen-bond acceptors (Lipinski definition) is 4. The highest BCUT2D eigenvalue weighted by molar-refractivity contribution is 6.30. The van der Waals surface area contributed by atoms with Gasteiger partial charge in [-0.05, 0) is 43.3 Å². The zero-order valence-corrected chi connectivity index (χ0v) is 16.7. The summed E-state index contributed by atoms with van der Waals surface area (Å²) in [6.07, 6.45) is -0.0423. The summed E-state index contributed by atoms with van der Waals surface area (Å²) >= 11 is 5.97. The molecule has 4 N–H and O–H groups in total. The van der Waals surface area contributed by atoms with Gasteiger partial charge in [0, 0.05) is 27.4 Å². The van der Waals surface area contributed by atoms with Crippen LogP contribution in [0.1, 0.15) is 28.4 Å². The summed E-state index contributed by atoms with van der Waals surface area (Å²) in [6.45, 7) is 1.84. The fourth-order valence-corrected chi connectivity index (χ4v) is 3.49. The van der Waals surface area contributed by atoms with Gasteiger partial charge in [-0.2, -0.15) is 5.10 Å². The minimum atomic E-state index is -0.815. The summed E-state index contributed by atoms with van der Waals surface area (Å²) in [5, 5.41) is 10.8. The van der Waals surface area contributed by atoms with E-state index >= 15 is 0 Å². The van der Waals surface area contributed by atoms with Crippen LogP contribution < -0.4 is 16.4 Å². The highest BCUT2D eigenvalue weighted by atomic mass is 35.5. The number of rotatable bonds is 4. The van der Waals surface area contributed by atoms with E-state index in [1.807, 2.05) is 19.1 Å². The lowest BCUT2D eigenvalue weighted by molar-refractivity contribution is -0.125. The van der Waals surface area contributed by atoms with Gasteiger partial charge in [-0.1, -0.05) is 23.7 Å². The predicted molar refractivity (Wildman–Crippen MR) is 113 cm³/mol. The van der Waals surface area contributed by atoms with Crippen molar-refractivity contribution in [2.45, 2.75) is 19.4 Å². The largest absolute Gasteiger partial charge is 0.366 e. The van der Waals surface area contributed by atoms with Crippen molar-refractivity contribution in [2.75, 3.05) is 10.6 Å². The van der Waals surface area contributed by atoms with Gasteiger partial charge in [0.05, 0.1) is 12.1 Å². The van der Waals surface area contributed by atoms with E-state index in [0.29, 0.717) is 27.8 Å². The second-order valence-corrected chi connectivity index (χ2v) is 7.41. The Morgan fingerprint density at radius 2 is 1.83 bits per heavy atom. The normalized spacial score (nSPS) is 15.3. The predicted octanol–water partition coefficient (Wildman–Crippen LogP) is 3.13. The number of benzene rings is 2. The zero-order valence-electron chi connectivity index (χ0n) is 16.0. The van der Waals surface area contributed by atoms with E-state index in [1.54, 1.807) is 24.3 Å². The molecule has 0 saturated carbocycles. The number of primary amides is 1. The molecule has 2 heterocycles. The van der Waals surface area contributed by atoms with Crippen LogP contribution in [0.15, 0.2) is 48.5 Å². The lowest BCUT2D eigenvalue weighted by Crippen LogP contribution is -2.35. The van der Waals surface area contributed by atoms with Crippen LogP contribution in [0.25, 0.3) is 11.3 Å². The van der Waals surface area contributed by atoms with Crippen molar-refractivity contribution in [1.82, 2.24) is 9.78 Å². The Hall–Kier alpha value is -3.65. The molecule has 1 aliphatic rings. The number of nitrogens with two attached hydrogens (primary N) is 1. The molecule has 3 amide bonds. The van der Waals surface area contributed by atoms with E-state index in [9.17, 15) is 14.4 Å². The van der Waals surface area contributed by atoms with Gasteiger partial charge in [0.25, 0.3) is 0 Å². The van der Waals surface area contributed by atoms with Crippen molar-refractivity contribution in [3.8, 4) is 11.3 Å². The van der Waals surface area contributed by atoms with Gasteiger partial charge in [0.2, 0.25) is 17.7 Å². The van der Waals surface area contributed by atoms with Crippen LogP contribution in [0.2, 0.25) is 5.02 Å². The molecule has 0 saturated heterocycles. The summed E-state index contributed by atoms with van der Waals surface area (Å²) in [6, 6.07) is 12.6. The van der Waals surface area contributed by atoms with E-state index in [4.69, 9.17) is 17.3 Å². The second-order valence-electron chi connectivity index (χ2n) is 6.97. The van der Waals surface area contributed by atoms with Gasteiger partial charge >= 0.3 is 0 Å². The first kappa shape index (κ1) is 19.7. The monoisotopic (exact) mass is 423 g/mol. The SMILES string of the molecule is Cc1c(-c2ccc(Cl)cc2)nn2c1NC(=O)C[C@@H]2C(=O)Nc1ccc(C(N)=O)cc1. The third-order valence-corrected chi connectivity index (χ3v) is 5.19. The average molecular weight is 424 g/mol. The van der Waals surface area contributed by atoms with Gasteiger partial charge in [-0.15, -0.1) is 0 Å². The van der Waals surface area contributed by atoms with E-state index in [2.05, 4.69) is 15.7 Å². The number of halogens is 1. The van der Waals surface area contributed by atoms with Crippen LogP contribution in [-0.4, -0.2) is 27.5 Å². The Balaban J connectivity index is 1.65. The molecule has 0 unspecified atom stereocenters. The molecule has 0 fully saturated rings. The molecule has 0 aliphatic carbocycles. The van der Waals surface area contributed by atoms with Gasteiger partial charge in [0.1, 0.15) is 11.9 Å². The molecule has 9 heteroatoms. The Bertz CT molecular complexity index is 1150. The zero-order chi connectivity index (χ0) is 21.4. The number of fused-ring (bicyclic) bond motifs is 1. The Morgan fingerprint density at radius 3 is 2.47 bits per heavy atom. The van der Waals surface area contributed by atoms with Gasteiger partial charge in [-0.3, -0.25) is 14.4 Å². The minimum Gasteiger partial charge on any atom is -0.366 e. The van der Waals surface area contributed by atoms with Crippen molar-refractivity contribution < 1.29 is 14.4 Å². The number of hydrogen-bond donors (Lipinski definition) is 3. The number of amides is 3. The lowest BCUT2D eigenvalue weighted by atomic mass is 10.1. The van der Waals surface area contributed by atoms with E-state index in [0.717, 1.165) is 11.1 Å². The highest BCUT2D eigenvalue weighted by Gasteiger charge is 2.34. The first-order valence-electron chi connectivity index (χ1n) is 9.19. The van der Waals surface area contributed by atoms with Crippen molar-refractivity contribution in [3.63, 3.8) is 0 Å². The third kappa shape index (κ3) is 3.65. The standard InChI is InChI=1S/C21H18ClN5O3/c1-11-18(12-2-6-14(22)7-3-12)26-27-16(10-17(28)25-20(11)27)21(30)24-15-8-4-13(5-9-15)19(23)29/h2-9,16H,10H2,1H3,(H2,23,29)(H,24,30)(H,25,28)/t16-/m1/s1. The fraction of sp³-hybridized carbons (Fsp3) is 0.143. The average Bonchev–Trinajstić information content (AvgIpc) is 3.05. The molecule has 3 aromatic rings. The highest BCUT2D eigenvalue weighted by Crippen LogP contribution is 2.34. The number of anilines is 2. The van der Waals surface area contributed by atoms with E-state index < -0.39 is 11.9 Å². The number of aromatic nitrogens is 2. The number of carbonyl (C=O) groups is 3. The number of nitrogens with one attached hydrogen (secondary N) is 2. The van der Waals surface area contributed by atoms with Gasteiger partial charge < -0.3 is 16.4 Å². The molecular formula is C21H18ClN5O3. The van der Waals surface area contributed by atoms with E-state index in [-0.39, 0.29) is 18.2 Å². The fourth-order valence-electron chi connectivity index (χ4n) is 3.37. The molecule has 30 heavy (non-hydrogen) atoms. The molecule has 8 nitrogen and oxygen atoms in total. The minimum absolute atomic E-state index is 0.0423. The maximum absolute atomic E-state index is 12.9. The molecule has 0 radical (unpaired) electrons. The quantitative estimate of drug-likeness (QED) is 0.597. The van der Waals surface area contributed by atoms with Gasteiger partial charge in [0.15, 0.2) is 0 Å². The molecule has 4 rings (SSSR count). The number of nitrogens with zero attached hydrogens (tertiary/aromatic N) is 2. The number of carbonyl (C=O) groups excluding carboxylic acids is 3. The Morgan fingerprint density at radius 1 is 1.17 bits per heavy atom. The summed E-state index contributed by atoms with van der Waals surface area (Å²) in [7, 11) is 0. The summed E-state index contributed by atoms with van der Waals surface area (Å²) in [5.74, 6) is -0.718. The molecule has 0 spiro atoms. The third-order valence-electron chi connectivity index (χ3n) is 4.94. The Labute approximate surface area is 177 Å². The van der Waals surface area contributed by atoms with Crippen LogP contribution in [0.5, 0.6) is 0 Å². The smallest absolute Gasteiger partial charge is 0.249 e. The molecular weight excluding hydrogens is 406 g/mol. The van der Waals surface area contributed by atoms with E-state index in [1.165, 1.54) is 16.8 Å². The maximum Gasteiger partial charge on any atom is 0.249 e. The second kappa shape index (κ2) is 7.64. The Kier molecular flexibility index (Phi) is 5.01. The summed E-state index contributed by atoms with van der Waals surface area (Å²) < 4.78 is 1.54. The van der Waals surface area contributed by atoms with Crippen molar-refractivity contribution in [3.05, 3.63) is 64.7 Å². The topological polar surface area (TPSA) is 119 Å². The van der Waals surface area contributed by atoms with Crippen LogP contribution >= 0.6 is 11.6 Å². The van der Waals surface area contributed by atoms with Gasteiger partial charge in [-0.25, -0.2) is 4.68 Å². The van der Waals surface area contributed by atoms with Crippen LogP contribution in [0, 0.1) is 6.92 Å². The molecule has 152 valence electrons. The van der Waals surface area contributed by atoms with Crippen molar-refractivity contribution >= 4 is 40.8 Å². The molecule has 2 aromatic carbocycles. The summed E-state index contributed by atoms with van der Waals surface area (Å²) in [4.78, 5) is 36.4. The van der Waals surface area contributed by atoms with Crippen LogP contribution in [0.4, 0.5) is 11.5 Å². The first-order valence-corrected chi connectivity index (χ1v) is 9.57. The molecule has 1 aromatic heterocycles. The lowest BCUT2D eigenvalue weighted by Gasteiger charge is -2.24. The van der Waals surface area contributed by atoms with Crippen molar-refractivity contribution in [2.24, 2.45) is 5.73 Å². The maximum atomic E-state index is 12.9. The molecule has 1 aliphatic heterocycles. The molecule has 0 bridgehead atoms. The summed E-state index contributed by atoms with van der Waals surface area (Å²) in [5.41, 5.74) is 8.30.